The molecule has 0 N–H and O–H groups in total. The smallest absolute Gasteiger partial charge is 0.323 e. The Bertz CT molecular complexity index is 573. The zero-order valence-corrected chi connectivity index (χ0v) is 24.3. The van der Waals surface area contributed by atoms with Gasteiger partial charge in [-0.25, -0.2) is 0 Å². The zero-order chi connectivity index (χ0) is 26.2. The Hall–Kier alpha value is -1.06. The lowest BCUT2D eigenvalue weighted by Crippen LogP contribution is -2.53. The Morgan fingerprint density at radius 1 is 0.639 bits per heavy atom. The van der Waals surface area contributed by atoms with E-state index in [1.54, 1.807) is 0 Å². The second-order valence-electron chi connectivity index (χ2n) is 12.7. The summed E-state index contributed by atoms with van der Waals surface area (Å²) in [6.07, 6.45) is 21.1. The minimum Gasteiger partial charge on any atom is -0.465 e. The van der Waals surface area contributed by atoms with Gasteiger partial charge in [0.1, 0.15) is 0 Å². The Labute approximate surface area is 223 Å². The number of esters is 2. The lowest BCUT2D eigenvalue weighted by Gasteiger charge is -2.46. The largest absolute Gasteiger partial charge is 0.465 e. The van der Waals surface area contributed by atoms with E-state index < -0.39 is 5.41 Å². The maximum Gasteiger partial charge on any atom is 0.323 e. The third-order valence-corrected chi connectivity index (χ3v) is 8.73. The third kappa shape index (κ3) is 10.4. The number of carbonyl (C=O) groups excluding carboxylic acids is 2. The fourth-order valence-corrected chi connectivity index (χ4v) is 6.58. The van der Waals surface area contributed by atoms with Crippen LogP contribution in [0.3, 0.4) is 0 Å². The van der Waals surface area contributed by atoms with E-state index in [0.29, 0.717) is 25.6 Å². The fourth-order valence-electron chi connectivity index (χ4n) is 6.58. The number of unbranched alkanes of at least 4 members (excludes halogenated alkanes) is 8. The van der Waals surface area contributed by atoms with Crippen LogP contribution in [-0.2, 0) is 19.1 Å². The quantitative estimate of drug-likeness (QED) is 0.106. The van der Waals surface area contributed by atoms with E-state index in [2.05, 4.69) is 27.7 Å². The number of fused-ring (bicyclic) bond motifs is 1. The molecule has 0 bridgehead atoms. The molecule has 0 heterocycles. The van der Waals surface area contributed by atoms with Gasteiger partial charge in [0.2, 0.25) is 0 Å². The average molecular weight is 507 g/mol. The lowest BCUT2D eigenvalue weighted by atomic mass is 9.57. The van der Waals surface area contributed by atoms with Gasteiger partial charge in [0, 0.05) is 0 Å². The first-order valence-corrected chi connectivity index (χ1v) is 15.7. The maximum absolute atomic E-state index is 13.6. The second-order valence-corrected chi connectivity index (χ2v) is 12.7. The van der Waals surface area contributed by atoms with Crippen molar-refractivity contribution in [2.75, 3.05) is 13.2 Å². The third-order valence-electron chi connectivity index (χ3n) is 8.73. The Kier molecular flexibility index (Phi) is 15.1. The van der Waals surface area contributed by atoms with Gasteiger partial charge in [0.25, 0.3) is 0 Å². The summed E-state index contributed by atoms with van der Waals surface area (Å²) in [5.41, 5.74) is -1.06. The molecule has 0 aliphatic heterocycles. The van der Waals surface area contributed by atoms with Gasteiger partial charge in [-0.2, -0.15) is 0 Å². The predicted molar refractivity (Wildman–Crippen MR) is 149 cm³/mol. The van der Waals surface area contributed by atoms with Crippen molar-refractivity contribution in [2.24, 2.45) is 29.1 Å². The van der Waals surface area contributed by atoms with Crippen LogP contribution in [0.5, 0.6) is 0 Å². The number of hydrogen-bond donors (Lipinski definition) is 0. The van der Waals surface area contributed by atoms with Crippen molar-refractivity contribution in [3.05, 3.63) is 0 Å². The highest BCUT2D eigenvalue weighted by molar-refractivity contribution is 6.00. The van der Waals surface area contributed by atoms with Gasteiger partial charge < -0.3 is 9.47 Å². The van der Waals surface area contributed by atoms with E-state index >= 15 is 0 Å². The van der Waals surface area contributed by atoms with E-state index in [4.69, 9.17) is 9.47 Å². The first-order valence-electron chi connectivity index (χ1n) is 15.7. The molecule has 0 aromatic carbocycles. The van der Waals surface area contributed by atoms with E-state index in [9.17, 15) is 9.59 Å². The summed E-state index contributed by atoms with van der Waals surface area (Å²) < 4.78 is 11.7. The van der Waals surface area contributed by atoms with Crippen LogP contribution in [0, 0.1) is 29.1 Å². The topological polar surface area (TPSA) is 52.6 Å². The Morgan fingerprint density at radius 2 is 1.08 bits per heavy atom. The van der Waals surface area contributed by atoms with Crippen LogP contribution in [-0.4, -0.2) is 25.2 Å². The number of hydrogen-bond acceptors (Lipinski definition) is 4. The molecule has 2 unspecified atom stereocenters. The SMILES string of the molecule is CC(C)CCCCCCCOC(=O)C1(C(=O)OCCCCCCCC(C)C)CCCC2CCCCC21. The van der Waals surface area contributed by atoms with E-state index in [-0.39, 0.29) is 17.9 Å². The molecule has 36 heavy (non-hydrogen) atoms. The van der Waals surface area contributed by atoms with Gasteiger partial charge in [-0.05, 0) is 49.4 Å². The summed E-state index contributed by atoms with van der Waals surface area (Å²) in [5.74, 6) is 1.56. The first kappa shape index (κ1) is 31.2. The molecule has 4 heteroatoms. The molecular weight excluding hydrogens is 448 g/mol. The molecule has 0 radical (unpaired) electrons. The van der Waals surface area contributed by atoms with Crippen LogP contribution >= 0.6 is 0 Å². The van der Waals surface area contributed by atoms with Gasteiger partial charge in [-0.1, -0.05) is 124 Å². The van der Waals surface area contributed by atoms with Gasteiger partial charge in [0.15, 0.2) is 5.41 Å². The Balaban J connectivity index is 1.83. The van der Waals surface area contributed by atoms with E-state index in [1.165, 1.54) is 57.8 Å². The molecule has 0 amide bonds. The van der Waals surface area contributed by atoms with Gasteiger partial charge in [0.05, 0.1) is 13.2 Å². The molecule has 2 saturated carbocycles. The standard InChI is InChI=1S/C32H58O4/c1-26(2)18-11-7-5-9-15-24-35-30(33)32(23-17-21-28-20-13-14-22-29(28)32)31(34)36-25-16-10-6-8-12-19-27(3)4/h26-29H,5-25H2,1-4H3. The van der Waals surface area contributed by atoms with Crippen molar-refractivity contribution in [3.63, 3.8) is 0 Å². The van der Waals surface area contributed by atoms with Crippen molar-refractivity contribution >= 4 is 11.9 Å². The predicted octanol–water partition coefficient (Wildman–Crippen LogP) is 9.04. The summed E-state index contributed by atoms with van der Waals surface area (Å²) in [5, 5.41) is 0. The summed E-state index contributed by atoms with van der Waals surface area (Å²) in [7, 11) is 0. The van der Waals surface area contributed by atoms with Crippen molar-refractivity contribution in [3.8, 4) is 0 Å². The average Bonchev–Trinajstić information content (AvgIpc) is 2.86. The molecule has 0 saturated heterocycles. The molecule has 4 nitrogen and oxygen atoms in total. The zero-order valence-electron chi connectivity index (χ0n) is 24.3. The van der Waals surface area contributed by atoms with E-state index in [1.807, 2.05) is 0 Å². The van der Waals surface area contributed by atoms with Crippen molar-refractivity contribution in [1.29, 1.82) is 0 Å². The number of ether oxygens (including phenoxy) is 2. The molecule has 2 rings (SSSR count). The summed E-state index contributed by atoms with van der Waals surface area (Å²) in [6.45, 7) is 9.97. The molecular formula is C32H58O4. The van der Waals surface area contributed by atoms with Crippen LogP contribution in [0.15, 0.2) is 0 Å². The summed E-state index contributed by atoms with van der Waals surface area (Å²) in [4.78, 5) is 27.1. The minimum absolute atomic E-state index is 0.104. The van der Waals surface area contributed by atoms with Crippen LogP contribution in [0.1, 0.15) is 150 Å². The molecule has 0 spiro atoms. The molecule has 2 atom stereocenters. The van der Waals surface area contributed by atoms with Gasteiger partial charge in [-0.3, -0.25) is 9.59 Å². The first-order chi connectivity index (χ1) is 17.4. The van der Waals surface area contributed by atoms with Crippen LogP contribution in [0.2, 0.25) is 0 Å². The number of rotatable bonds is 18. The van der Waals surface area contributed by atoms with Gasteiger partial charge >= 0.3 is 11.9 Å². The normalized spacial score (nSPS) is 21.4. The highest BCUT2D eigenvalue weighted by atomic mass is 16.6. The molecule has 2 fully saturated rings. The highest BCUT2D eigenvalue weighted by Gasteiger charge is 2.58. The van der Waals surface area contributed by atoms with Crippen molar-refractivity contribution in [1.82, 2.24) is 0 Å². The highest BCUT2D eigenvalue weighted by Crippen LogP contribution is 2.52. The fraction of sp³-hybridized carbons (Fsp3) is 0.938. The monoisotopic (exact) mass is 506 g/mol. The van der Waals surface area contributed by atoms with Gasteiger partial charge in [-0.15, -0.1) is 0 Å². The lowest BCUT2D eigenvalue weighted by molar-refractivity contribution is -0.184. The maximum atomic E-state index is 13.6. The van der Waals surface area contributed by atoms with Crippen LogP contribution in [0.25, 0.3) is 0 Å². The molecule has 2 aliphatic carbocycles. The summed E-state index contributed by atoms with van der Waals surface area (Å²) >= 11 is 0. The van der Waals surface area contributed by atoms with Crippen molar-refractivity contribution < 1.29 is 19.1 Å². The second kappa shape index (κ2) is 17.4. The minimum atomic E-state index is -1.06. The van der Waals surface area contributed by atoms with Crippen LogP contribution < -0.4 is 0 Å². The van der Waals surface area contributed by atoms with E-state index in [0.717, 1.165) is 69.6 Å². The Morgan fingerprint density at radius 3 is 1.61 bits per heavy atom. The molecule has 0 aromatic rings. The van der Waals surface area contributed by atoms with Crippen molar-refractivity contribution in [2.45, 2.75) is 150 Å². The molecule has 210 valence electrons. The summed E-state index contributed by atoms with van der Waals surface area (Å²) in [6, 6.07) is 0. The number of carbonyl (C=O) groups is 2. The van der Waals surface area contributed by atoms with Crippen LogP contribution in [0.4, 0.5) is 0 Å². The molecule has 2 aliphatic rings. The molecule has 0 aromatic heterocycles.